The summed E-state index contributed by atoms with van der Waals surface area (Å²) >= 11 is 0. The number of aryl methyl sites for hydroxylation is 3. The van der Waals surface area contributed by atoms with Crippen LogP contribution in [0.2, 0.25) is 0 Å². The van der Waals surface area contributed by atoms with Crippen molar-refractivity contribution in [3.05, 3.63) is 65.9 Å². The van der Waals surface area contributed by atoms with Crippen LogP contribution in [0.3, 0.4) is 0 Å². The van der Waals surface area contributed by atoms with E-state index in [2.05, 4.69) is 41.2 Å². The molecule has 0 fully saturated rings. The van der Waals surface area contributed by atoms with E-state index in [1.165, 1.54) is 11.1 Å². The Morgan fingerprint density at radius 2 is 1.72 bits per heavy atom. The second kappa shape index (κ2) is 6.02. The highest BCUT2D eigenvalue weighted by molar-refractivity contribution is 5.68. The maximum absolute atomic E-state index is 5.48. The Labute approximate surface area is 145 Å². The van der Waals surface area contributed by atoms with Crippen LogP contribution in [0.4, 0.5) is 0 Å². The molecule has 0 aliphatic heterocycles. The number of nitrogens with zero attached hydrogens (tertiary/aromatic N) is 4. The van der Waals surface area contributed by atoms with Crippen LogP contribution >= 0.6 is 0 Å². The van der Waals surface area contributed by atoms with E-state index in [1.807, 2.05) is 48.1 Å². The van der Waals surface area contributed by atoms with Crippen LogP contribution in [-0.4, -0.2) is 19.9 Å². The molecule has 2 heterocycles. The van der Waals surface area contributed by atoms with Crippen LogP contribution in [0.15, 0.2) is 59.3 Å². The third kappa shape index (κ3) is 2.85. The van der Waals surface area contributed by atoms with Gasteiger partial charge in [0.25, 0.3) is 5.89 Å². The van der Waals surface area contributed by atoms with Gasteiger partial charge in [0.2, 0.25) is 5.82 Å². The quantitative estimate of drug-likeness (QED) is 0.558. The van der Waals surface area contributed by atoms with Gasteiger partial charge in [0.15, 0.2) is 0 Å². The monoisotopic (exact) mass is 330 g/mol. The summed E-state index contributed by atoms with van der Waals surface area (Å²) in [6.07, 6.45) is 1.79. The van der Waals surface area contributed by atoms with Gasteiger partial charge in [-0.25, -0.2) is 0 Å². The summed E-state index contributed by atoms with van der Waals surface area (Å²) in [5.74, 6) is 1.11. The molecule has 0 saturated heterocycles. The maximum Gasteiger partial charge on any atom is 0.258 e. The smallest absolute Gasteiger partial charge is 0.258 e. The van der Waals surface area contributed by atoms with Gasteiger partial charge < -0.3 is 4.52 Å². The highest BCUT2D eigenvalue weighted by Gasteiger charge is 2.12. The molecule has 2 aromatic carbocycles. The molecule has 2 aromatic heterocycles. The van der Waals surface area contributed by atoms with E-state index in [9.17, 15) is 0 Å². The molecule has 0 spiro atoms. The fraction of sp³-hybridized carbons (Fsp3) is 0.150. The Morgan fingerprint density at radius 1 is 0.880 bits per heavy atom. The maximum atomic E-state index is 5.48. The van der Waals surface area contributed by atoms with Crippen molar-refractivity contribution in [3.63, 3.8) is 0 Å². The third-order valence-corrected chi connectivity index (χ3v) is 4.42. The predicted molar refractivity (Wildman–Crippen MR) is 96.8 cm³/mol. The number of aromatic nitrogens is 4. The first kappa shape index (κ1) is 15.3. The first-order valence-corrected chi connectivity index (χ1v) is 8.12. The van der Waals surface area contributed by atoms with Crippen molar-refractivity contribution in [1.82, 2.24) is 19.9 Å². The number of benzene rings is 2. The van der Waals surface area contributed by atoms with Crippen molar-refractivity contribution < 1.29 is 4.52 Å². The van der Waals surface area contributed by atoms with Crippen molar-refractivity contribution in [2.45, 2.75) is 13.8 Å². The first-order valence-electron chi connectivity index (χ1n) is 8.12. The summed E-state index contributed by atoms with van der Waals surface area (Å²) in [7, 11) is 1.92. The van der Waals surface area contributed by atoms with Crippen LogP contribution < -0.4 is 0 Å². The van der Waals surface area contributed by atoms with E-state index >= 15 is 0 Å². The Bertz CT molecular complexity index is 1050. The average molecular weight is 330 g/mol. The zero-order chi connectivity index (χ0) is 17.4. The molecule has 0 unspecified atom stereocenters. The summed E-state index contributed by atoms with van der Waals surface area (Å²) < 4.78 is 7.32. The molecule has 0 aliphatic carbocycles. The van der Waals surface area contributed by atoms with E-state index < -0.39 is 0 Å². The minimum Gasteiger partial charge on any atom is -0.334 e. The average Bonchev–Trinajstić information content (AvgIpc) is 3.27. The number of hydrogen-bond donors (Lipinski definition) is 0. The lowest BCUT2D eigenvalue weighted by molar-refractivity contribution is 0.432. The van der Waals surface area contributed by atoms with Crippen LogP contribution in [0, 0.1) is 13.8 Å². The van der Waals surface area contributed by atoms with Gasteiger partial charge in [-0.1, -0.05) is 29.4 Å². The number of rotatable bonds is 3. The first-order chi connectivity index (χ1) is 12.1. The van der Waals surface area contributed by atoms with E-state index in [4.69, 9.17) is 4.52 Å². The Morgan fingerprint density at radius 3 is 2.48 bits per heavy atom. The largest absolute Gasteiger partial charge is 0.334 e. The van der Waals surface area contributed by atoms with Gasteiger partial charge in [0.05, 0.1) is 5.69 Å². The van der Waals surface area contributed by atoms with E-state index in [0.717, 1.165) is 22.4 Å². The fourth-order valence-electron chi connectivity index (χ4n) is 2.81. The van der Waals surface area contributed by atoms with Crippen LogP contribution in [0.25, 0.3) is 34.1 Å². The summed E-state index contributed by atoms with van der Waals surface area (Å²) in [5.41, 5.74) is 6.40. The topological polar surface area (TPSA) is 56.7 Å². The summed E-state index contributed by atoms with van der Waals surface area (Å²) in [6, 6.07) is 16.2. The van der Waals surface area contributed by atoms with Crippen molar-refractivity contribution >= 4 is 0 Å². The molecule has 0 atom stereocenters. The summed E-state index contributed by atoms with van der Waals surface area (Å²) in [4.78, 5) is 4.57. The van der Waals surface area contributed by atoms with Crippen molar-refractivity contribution in [2.75, 3.05) is 0 Å². The van der Waals surface area contributed by atoms with Gasteiger partial charge in [-0.2, -0.15) is 10.1 Å². The predicted octanol–water partition coefficient (Wildman–Crippen LogP) is 4.42. The Hall–Kier alpha value is -3.21. The van der Waals surface area contributed by atoms with E-state index in [1.54, 1.807) is 6.20 Å². The summed E-state index contributed by atoms with van der Waals surface area (Å²) in [6.45, 7) is 4.16. The highest BCUT2D eigenvalue weighted by atomic mass is 16.5. The van der Waals surface area contributed by atoms with Crippen molar-refractivity contribution in [3.8, 4) is 34.1 Å². The van der Waals surface area contributed by atoms with Gasteiger partial charge in [-0.05, 0) is 49.2 Å². The van der Waals surface area contributed by atoms with Gasteiger partial charge in [-0.3, -0.25) is 4.68 Å². The molecule has 0 saturated carbocycles. The molecule has 0 aliphatic rings. The molecule has 0 amide bonds. The molecule has 4 rings (SSSR count). The molecule has 0 bridgehead atoms. The standard InChI is InChI=1S/C20H18N4O/c1-13-7-8-17(11-14(13)2)20-22-19(23-25-20)16-6-4-5-15(12-16)18-9-10-21-24(18)3/h4-12H,1-3H3. The molecular weight excluding hydrogens is 312 g/mol. The van der Waals surface area contributed by atoms with Crippen LogP contribution in [0.1, 0.15) is 11.1 Å². The highest BCUT2D eigenvalue weighted by Crippen LogP contribution is 2.27. The third-order valence-electron chi connectivity index (χ3n) is 4.42. The minimum absolute atomic E-state index is 0.532. The lowest BCUT2D eigenvalue weighted by atomic mass is 10.1. The van der Waals surface area contributed by atoms with Crippen molar-refractivity contribution in [2.24, 2.45) is 7.05 Å². The lowest BCUT2D eigenvalue weighted by Gasteiger charge is -2.03. The molecule has 124 valence electrons. The second-order valence-corrected chi connectivity index (χ2v) is 6.14. The van der Waals surface area contributed by atoms with Gasteiger partial charge >= 0.3 is 0 Å². The zero-order valence-corrected chi connectivity index (χ0v) is 14.4. The summed E-state index contributed by atoms with van der Waals surface area (Å²) in [5, 5.41) is 8.37. The van der Waals surface area contributed by atoms with Gasteiger partial charge in [-0.15, -0.1) is 0 Å². The molecule has 5 heteroatoms. The molecular formula is C20H18N4O. The lowest BCUT2D eigenvalue weighted by Crippen LogP contribution is -1.93. The normalized spacial score (nSPS) is 11.0. The SMILES string of the molecule is Cc1ccc(-c2nc(-c3cccc(-c4ccnn4C)c3)no2)cc1C. The van der Waals surface area contributed by atoms with Crippen LogP contribution in [-0.2, 0) is 7.05 Å². The van der Waals surface area contributed by atoms with E-state index in [-0.39, 0.29) is 0 Å². The number of hydrogen-bond acceptors (Lipinski definition) is 4. The molecule has 25 heavy (non-hydrogen) atoms. The minimum atomic E-state index is 0.532. The fourth-order valence-corrected chi connectivity index (χ4v) is 2.81. The zero-order valence-electron chi connectivity index (χ0n) is 14.4. The van der Waals surface area contributed by atoms with Gasteiger partial charge in [0.1, 0.15) is 0 Å². The molecule has 0 N–H and O–H groups in total. The second-order valence-electron chi connectivity index (χ2n) is 6.14. The Kier molecular flexibility index (Phi) is 3.69. The van der Waals surface area contributed by atoms with Gasteiger partial charge in [0, 0.05) is 29.9 Å². The molecule has 5 nitrogen and oxygen atoms in total. The molecule has 4 aromatic rings. The van der Waals surface area contributed by atoms with Crippen LogP contribution in [0.5, 0.6) is 0 Å². The van der Waals surface area contributed by atoms with Crippen molar-refractivity contribution in [1.29, 1.82) is 0 Å². The molecule has 0 radical (unpaired) electrons. The van der Waals surface area contributed by atoms with E-state index in [0.29, 0.717) is 11.7 Å². The Balaban J connectivity index is 1.71.